The second kappa shape index (κ2) is 8.98. The van der Waals surface area contributed by atoms with E-state index in [9.17, 15) is 36.3 Å². The minimum absolute atomic E-state index is 0.00924. The van der Waals surface area contributed by atoms with Crippen LogP contribution in [-0.4, -0.2) is 52.9 Å². The van der Waals surface area contributed by atoms with Crippen LogP contribution in [0.5, 0.6) is 0 Å². The molecule has 4 rings (SSSR count). The lowest BCUT2D eigenvalue weighted by Gasteiger charge is -2.32. The molecule has 1 saturated heterocycles. The van der Waals surface area contributed by atoms with Crippen LogP contribution in [0.15, 0.2) is 40.9 Å². The van der Waals surface area contributed by atoms with E-state index in [0.717, 1.165) is 30.0 Å². The van der Waals surface area contributed by atoms with Gasteiger partial charge in [-0.3, -0.25) is 14.4 Å². The summed E-state index contributed by atoms with van der Waals surface area (Å²) in [6.45, 7) is -1.04. The van der Waals surface area contributed by atoms with Gasteiger partial charge in [0.05, 0.1) is 4.47 Å². The van der Waals surface area contributed by atoms with Gasteiger partial charge in [-0.15, -0.1) is 0 Å². The minimum Gasteiger partial charge on any atom is -0.332 e. The van der Waals surface area contributed by atoms with Crippen molar-refractivity contribution in [2.24, 2.45) is 0 Å². The van der Waals surface area contributed by atoms with Crippen LogP contribution in [0, 0.1) is 11.6 Å². The molecule has 6 nitrogen and oxygen atoms in total. The highest BCUT2D eigenvalue weighted by Gasteiger charge is 2.60. The molecular formula is C23H18BrF5N2O4. The fourth-order valence-corrected chi connectivity index (χ4v) is 4.59. The summed E-state index contributed by atoms with van der Waals surface area (Å²) in [5.41, 5.74) is -1.52. The highest BCUT2D eigenvalue weighted by atomic mass is 79.9. The molecule has 0 aromatic heterocycles. The highest BCUT2D eigenvalue weighted by molar-refractivity contribution is 9.10. The zero-order valence-corrected chi connectivity index (χ0v) is 19.8. The summed E-state index contributed by atoms with van der Waals surface area (Å²) in [5.74, 6) is -3.98. The summed E-state index contributed by atoms with van der Waals surface area (Å²) in [5, 5.41) is 0. The van der Waals surface area contributed by atoms with Gasteiger partial charge in [-0.1, -0.05) is 12.1 Å². The average molecular weight is 561 g/mol. The molecule has 2 amide bonds. The number of ketones is 1. The van der Waals surface area contributed by atoms with Crippen LogP contribution in [0.2, 0.25) is 0 Å². The summed E-state index contributed by atoms with van der Waals surface area (Å²) >= 11 is 3.02. The van der Waals surface area contributed by atoms with Gasteiger partial charge in [0.25, 0.3) is 5.91 Å². The molecule has 1 aliphatic carbocycles. The Labute approximate surface area is 204 Å². The zero-order valence-electron chi connectivity index (χ0n) is 18.2. The first-order chi connectivity index (χ1) is 16.3. The molecule has 0 radical (unpaired) electrons. The molecule has 2 aliphatic rings. The topological polar surface area (TPSA) is 66.9 Å². The minimum atomic E-state index is -4.77. The van der Waals surface area contributed by atoms with E-state index < -0.39 is 66.9 Å². The van der Waals surface area contributed by atoms with E-state index in [4.69, 9.17) is 4.74 Å². The Hall–Kier alpha value is -2.86. The number of alkyl halides is 3. The lowest BCUT2D eigenvalue weighted by molar-refractivity contribution is -0.187. The van der Waals surface area contributed by atoms with Crippen molar-refractivity contribution < 1.29 is 41.1 Å². The molecule has 1 aliphatic heterocycles. The molecule has 1 unspecified atom stereocenters. The van der Waals surface area contributed by atoms with Crippen molar-refractivity contribution in [1.29, 1.82) is 0 Å². The fourth-order valence-electron chi connectivity index (χ4n) is 4.20. The standard InChI is InChI=1S/C23H18BrF5N2O4/c1-12(23(27,28)29)31(9-13-2-4-15(25)5-3-13)20(33)10-30-11-35-22(21(30)34)16-8-18(26)17(24)6-14(16)7-19(22)32/h2-6,8,12H,7,9-11H2,1H3/t12-,22?/m0/s1. The van der Waals surface area contributed by atoms with E-state index in [1.54, 1.807) is 0 Å². The maximum atomic E-state index is 14.2. The first-order valence-corrected chi connectivity index (χ1v) is 11.2. The van der Waals surface area contributed by atoms with Crippen molar-refractivity contribution in [2.75, 3.05) is 13.3 Å². The number of rotatable bonds is 5. The van der Waals surface area contributed by atoms with Gasteiger partial charge in [-0.05, 0) is 58.2 Å². The Morgan fingerprint density at radius 1 is 1.20 bits per heavy atom. The van der Waals surface area contributed by atoms with Gasteiger partial charge in [-0.2, -0.15) is 13.2 Å². The van der Waals surface area contributed by atoms with Gasteiger partial charge < -0.3 is 14.5 Å². The second-order valence-corrected chi connectivity index (χ2v) is 9.20. The lowest BCUT2D eigenvalue weighted by atomic mass is 9.94. The van der Waals surface area contributed by atoms with E-state index in [1.807, 2.05) is 0 Å². The number of ether oxygens (including phenoxy) is 1. The number of nitrogens with zero attached hydrogens (tertiary/aromatic N) is 2. The molecule has 0 bridgehead atoms. The van der Waals surface area contributed by atoms with E-state index in [-0.39, 0.29) is 22.0 Å². The predicted molar refractivity (Wildman–Crippen MR) is 115 cm³/mol. The molecule has 0 saturated carbocycles. The van der Waals surface area contributed by atoms with E-state index >= 15 is 0 Å². The van der Waals surface area contributed by atoms with Crippen molar-refractivity contribution in [3.8, 4) is 0 Å². The van der Waals surface area contributed by atoms with Gasteiger partial charge >= 0.3 is 6.18 Å². The quantitative estimate of drug-likeness (QED) is 0.411. The average Bonchev–Trinajstić information content (AvgIpc) is 3.24. The smallest absolute Gasteiger partial charge is 0.332 e. The molecule has 1 heterocycles. The number of hydrogen-bond acceptors (Lipinski definition) is 4. The predicted octanol–water partition coefficient (Wildman–Crippen LogP) is 3.84. The number of benzene rings is 2. The summed E-state index contributed by atoms with van der Waals surface area (Å²) in [6, 6.07) is 4.75. The third kappa shape index (κ3) is 4.44. The number of fused-ring (bicyclic) bond motifs is 2. The molecule has 2 aromatic rings. The van der Waals surface area contributed by atoms with Crippen molar-refractivity contribution in [1.82, 2.24) is 9.80 Å². The Kier molecular flexibility index (Phi) is 6.47. The van der Waals surface area contributed by atoms with Crippen molar-refractivity contribution in [2.45, 2.75) is 37.7 Å². The largest absolute Gasteiger partial charge is 0.408 e. The lowest BCUT2D eigenvalue weighted by Crippen LogP contribution is -2.51. The maximum absolute atomic E-state index is 14.2. The highest BCUT2D eigenvalue weighted by Crippen LogP contribution is 2.44. The third-order valence-electron chi connectivity index (χ3n) is 6.15. The van der Waals surface area contributed by atoms with Gasteiger partial charge in [0.1, 0.15) is 31.0 Å². The maximum Gasteiger partial charge on any atom is 0.408 e. The molecule has 2 atom stereocenters. The molecule has 186 valence electrons. The van der Waals surface area contributed by atoms with Gasteiger partial charge in [-0.25, -0.2) is 8.78 Å². The van der Waals surface area contributed by atoms with Crippen molar-refractivity contribution >= 4 is 33.5 Å². The van der Waals surface area contributed by atoms with E-state index in [0.29, 0.717) is 10.5 Å². The van der Waals surface area contributed by atoms with Crippen LogP contribution in [0.25, 0.3) is 0 Å². The van der Waals surface area contributed by atoms with Crippen LogP contribution < -0.4 is 0 Å². The molecule has 1 fully saturated rings. The SMILES string of the molecule is C[C@H](N(Cc1ccc(F)cc1)C(=O)CN1COC2(C(=O)Cc3cc(Br)c(F)cc32)C1=O)C(F)(F)F. The summed E-state index contributed by atoms with van der Waals surface area (Å²) in [4.78, 5) is 40.3. The second-order valence-electron chi connectivity index (χ2n) is 8.35. The van der Waals surface area contributed by atoms with E-state index in [1.165, 1.54) is 18.2 Å². The molecule has 12 heteroatoms. The van der Waals surface area contributed by atoms with E-state index in [2.05, 4.69) is 15.9 Å². The Morgan fingerprint density at radius 3 is 2.49 bits per heavy atom. The number of halogens is 6. The number of hydrogen-bond donors (Lipinski definition) is 0. The number of amides is 2. The first-order valence-electron chi connectivity index (χ1n) is 10.4. The molecule has 35 heavy (non-hydrogen) atoms. The molecule has 0 N–H and O–H groups in total. The monoisotopic (exact) mass is 560 g/mol. The first kappa shape index (κ1) is 25.2. The van der Waals surface area contributed by atoms with Crippen LogP contribution in [0.4, 0.5) is 22.0 Å². The summed E-state index contributed by atoms with van der Waals surface area (Å²) in [6.07, 6.45) is -4.97. The molecule has 1 spiro atoms. The number of Topliss-reactive ketones (excluding diaryl/α,β-unsaturated/α-hetero) is 1. The van der Waals surface area contributed by atoms with Gasteiger partial charge in [0.2, 0.25) is 11.5 Å². The number of carbonyl (C=O) groups is 3. The fraction of sp³-hybridized carbons (Fsp3) is 0.348. The van der Waals surface area contributed by atoms with Crippen LogP contribution in [0.1, 0.15) is 23.6 Å². The Balaban J connectivity index is 1.59. The van der Waals surface area contributed by atoms with Crippen LogP contribution >= 0.6 is 15.9 Å². The Bertz CT molecular complexity index is 1200. The van der Waals surface area contributed by atoms with Crippen molar-refractivity contribution in [3.63, 3.8) is 0 Å². The van der Waals surface area contributed by atoms with Crippen LogP contribution in [-0.2, 0) is 37.7 Å². The molecular weight excluding hydrogens is 543 g/mol. The summed E-state index contributed by atoms with van der Waals surface area (Å²) < 4.78 is 73.5. The summed E-state index contributed by atoms with van der Waals surface area (Å²) in [7, 11) is 0. The third-order valence-corrected chi connectivity index (χ3v) is 6.76. The van der Waals surface area contributed by atoms with Gasteiger partial charge in [0.15, 0.2) is 5.78 Å². The van der Waals surface area contributed by atoms with Gasteiger partial charge in [0, 0.05) is 18.5 Å². The Morgan fingerprint density at radius 2 is 1.86 bits per heavy atom. The zero-order chi connectivity index (χ0) is 25.7. The van der Waals surface area contributed by atoms with Crippen molar-refractivity contribution in [3.05, 3.63) is 69.2 Å². The molecule has 2 aromatic carbocycles. The normalized spacial score (nSPS) is 20.5. The van der Waals surface area contributed by atoms with Crippen LogP contribution in [0.3, 0.4) is 0 Å². The number of carbonyl (C=O) groups excluding carboxylic acids is 3.